The van der Waals surface area contributed by atoms with Crippen LogP contribution in [0.5, 0.6) is 0 Å². The van der Waals surface area contributed by atoms with Gasteiger partial charge in [0.25, 0.3) is 0 Å². The Balaban J connectivity index is 0.000001000. The van der Waals surface area contributed by atoms with Crippen LogP contribution in [0.4, 0.5) is 0 Å². The Labute approximate surface area is 143 Å². The third-order valence-electron chi connectivity index (χ3n) is 4.42. The van der Waals surface area contributed by atoms with Crippen molar-refractivity contribution in [1.29, 1.82) is 0 Å². The van der Waals surface area contributed by atoms with Gasteiger partial charge in [-0.05, 0) is 0 Å². The van der Waals surface area contributed by atoms with Crippen molar-refractivity contribution < 1.29 is 52.5 Å². The summed E-state index contributed by atoms with van der Waals surface area (Å²) < 4.78 is 6.00. The second kappa shape index (κ2) is 8.03. The average molecular weight is 351 g/mol. The molecule has 0 aromatic carbocycles. The molecule has 110 valence electrons. The van der Waals surface area contributed by atoms with Crippen LogP contribution in [-0.4, -0.2) is 5.97 Å². The first-order valence-electron chi connectivity index (χ1n) is 7.12. The van der Waals surface area contributed by atoms with Crippen molar-refractivity contribution in [2.24, 2.45) is 0 Å². The molecule has 1 unspecified atom stereocenters. The Hall–Kier alpha value is 0.244. The van der Waals surface area contributed by atoms with Gasteiger partial charge in [-0.1, -0.05) is 0 Å². The summed E-state index contributed by atoms with van der Waals surface area (Å²) >= 11 is -0.575. The van der Waals surface area contributed by atoms with E-state index in [1.165, 1.54) is 51.4 Å². The van der Waals surface area contributed by atoms with Crippen LogP contribution < -0.4 is 24.8 Å². The van der Waals surface area contributed by atoms with E-state index in [0.717, 1.165) is 0 Å². The first kappa shape index (κ1) is 18.3. The number of fused-ring (bicyclic) bond motifs is 1. The van der Waals surface area contributed by atoms with Gasteiger partial charge in [-0.2, -0.15) is 0 Å². The van der Waals surface area contributed by atoms with Gasteiger partial charge in [0, 0.05) is 0 Å². The molecule has 2 nitrogen and oxygen atoms in total. The smallest absolute Gasteiger partial charge is 1.00 e. The molecule has 3 rings (SSSR count). The average Bonchev–Trinajstić information content (AvgIpc) is 2.75. The van der Waals surface area contributed by atoms with Crippen molar-refractivity contribution in [2.75, 3.05) is 0 Å². The predicted molar refractivity (Wildman–Crippen MR) is 66.5 cm³/mol. The molecule has 3 aliphatic carbocycles. The molecule has 0 radical (unpaired) electrons. The quantitative estimate of drug-likeness (QED) is 0.544. The number of carbonyl (C=O) groups excluding carboxylic acids is 1. The molecular formula is C15H20Cl2O2Ti. The molecule has 20 heavy (non-hydrogen) atoms. The first-order valence-corrected chi connectivity index (χ1v) is 8.65. The van der Waals surface area contributed by atoms with Crippen LogP contribution in [0.15, 0.2) is 22.3 Å². The second-order valence-corrected chi connectivity index (χ2v) is 7.40. The maximum Gasteiger partial charge on any atom is -1.00 e. The van der Waals surface area contributed by atoms with Crippen molar-refractivity contribution in [2.45, 2.75) is 62.5 Å². The minimum Gasteiger partial charge on any atom is -1.00 e. The van der Waals surface area contributed by atoms with E-state index >= 15 is 0 Å². The third kappa shape index (κ3) is 3.71. The van der Waals surface area contributed by atoms with E-state index in [2.05, 4.69) is 0 Å². The van der Waals surface area contributed by atoms with Gasteiger partial charge in [-0.25, -0.2) is 0 Å². The summed E-state index contributed by atoms with van der Waals surface area (Å²) in [7, 11) is 0. The van der Waals surface area contributed by atoms with Crippen molar-refractivity contribution >= 4 is 5.97 Å². The fourth-order valence-corrected chi connectivity index (χ4v) is 5.28. The number of carbonyl (C=O) groups is 1. The molecule has 0 fully saturated rings. The van der Waals surface area contributed by atoms with Gasteiger partial charge >= 0.3 is 118 Å². The van der Waals surface area contributed by atoms with E-state index in [-0.39, 0.29) is 30.8 Å². The van der Waals surface area contributed by atoms with Crippen molar-refractivity contribution in [3.8, 4) is 0 Å². The fourth-order valence-electron chi connectivity index (χ4n) is 3.64. The fraction of sp³-hybridized carbons (Fsp3) is 0.667. The Morgan fingerprint density at radius 2 is 1.80 bits per heavy atom. The van der Waals surface area contributed by atoms with Gasteiger partial charge in [-0.15, -0.1) is 0 Å². The van der Waals surface area contributed by atoms with E-state index in [1.54, 1.807) is 29.2 Å². The molecule has 0 aromatic rings. The molecule has 0 N–H and O–H groups in total. The van der Waals surface area contributed by atoms with Gasteiger partial charge in [0.15, 0.2) is 0 Å². The largest absolute Gasteiger partial charge is 1.00 e. The van der Waals surface area contributed by atoms with Crippen LogP contribution >= 0.6 is 0 Å². The molecule has 3 aliphatic rings. The molecule has 0 spiro atoms. The second-order valence-electron chi connectivity index (χ2n) is 5.63. The summed E-state index contributed by atoms with van der Waals surface area (Å²) in [5.74, 6) is -0.0848. The summed E-state index contributed by atoms with van der Waals surface area (Å²) in [6.07, 6.45) is 10.5. The van der Waals surface area contributed by atoms with Crippen LogP contribution in [-0.2, 0) is 27.7 Å². The topological polar surface area (TPSA) is 26.3 Å². The molecular weight excluding hydrogens is 331 g/mol. The number of rotatable bonds is 2. The van der Waals surface area contributed by atoms with Crippen LogP contribution in [0.3, 0.4) is 0 Å². The Kier molecular flexibility index (Phi) is 7.34. The standard InChI is InChI=1S/C13H17.C2H4O2.2ClH.Ti/c1-3-7-12-10(5-1)9-11-6-2-4-8-13(11)12;1-2(3)4;;;/h5H,1-4,6-9H2;1H3,(H,3,4);2*1H;/q;;;;+3/p-3. The molecule has 0 saturated carbocycles. The Bertz CT molecular complexity index is 443. The van der Waals surface area contributed by atoms with Gasteiger partial charge < -0.3 is 24.8 Å². The number of hydrogen-bond donors (Lipinski definition) is 0. The van der Waals surface area contributed by atoms with E-state index in [4.69, 9.17) is 3.32 Å². The molecule has 5 heteroatoms. The van der Waals surface area contributed by atoms with Crippen molar-refractivity contribution in [3.63, 3.8) is 0 Å². The van der Waals surface area contributed by atoms with Gasteiger partial charge in [0.05, 0.1) is 0 Å². The third-order valence-corrected chi connectivity index (χ3v) is 6.50. The first-order chi connectivity index (χ1) is 8.75. The summed E-state index contributed by atoms with van der Waals surface area (Å²) in [5.41, 5.74) is 6.81. The number of halogens is 2. The van der Waals surface area contributed by atoms with E-state index in [0.29, 0.717) is 4.22 Å². The Morgan fingerprint density at radius 3 is 2.55 bits per heavy atom. The van der Waals surface area contributed by atoms with Crippen LogP contribution in [0, 0.1) is 0 Å². The van der Waals surface area contributed by atoms with E-state index in [1.807, 2.05) is 0 Å². The maximum atomic E-state index is 11.0. The molecule has 0 heterocycles. The molecule has 0 saturated heterocycles. The molecule has 1 atom stereocenters. The monoisotopic (exact) mass is 350 g/mol. The van der Waals surface area contributed by atoms with Crippen molar-refractivity contribution in [1.82, 2.24) is 0 Å². The van der Waals surface area contributed by atoms with E-state index in [9.17, 15) is 4.79 Å². The predicted octanol–water partition coefficient (Wildman–Crippen LogP) is -1.90. The summed E-state index contributed by atoms with van der Waals surface area (Å²) in [6.45, 7) is 1.54. The minimum absolute atomic E-state index is 0. The van der Waals surface area contributed by atoms with Gasteiger partial charge in [-0.3, -0.25) is 0 Å². The van der Waals surface area contributed by atoms with Gasteiger partial charge in [0.1, 0.15) is 0 Å². The molecule has 0 amide bonds. The minimum atomic E-state index is -0.575. The SMILES string of the molecule is CC(=O)[O][Ti+2][CH]1CCCC2=C1CC1=C2CCCC1.[Cl-].[Cl-]. The van der Waals surface area contributed by atoms with Gasteiger partial charge in [0.2, 0.25) is 0 Å². The van der Waals surface area contributed by atoms with Crippen LogP contribution in [0.1, 0.15) is 58.3 Å². The summed E-state index contributed by atoms with van der Waals surface area (Å²) in [6, 6.07) is 0. The number of allylic oxidation sites excluding steroid dienone is 4. The van der Waals surface area contributed by atoms with Crippen molar-refractivity contribution in [3.05, 3.63) is 22.3 Å². The summed E-state index contributed by atoms with van der Waals surface area (Å²) in [4.78, 5) is 11.0. The van der Waals surface area contributed by atoms with Crippen LogP contribution in [0.2, 0.25) is 4.22 Å². The maximum absolute atomic E-state index is 11.0. The van der Waals surface area contributed by atoms with E-state index < -0.39 is 19.5 Å². The molecule has 0 aliphatic heterocycles. The zero-order chi connectivity index (χ0) is 12.5. The normalized spacial score (nSPS) is 23.9. The summed E-state index contributed by atoms with van der Waals surface area (Å²) in [5, 5.41) is 0. The Morgan fingerprint density at radius 1 is 1.10 bits per heavy atom. The zero-order valence-corrected chi connectivity index (χ0v) is 14.9. The number of hydrogen-bond acceptors (Lipinski definition) is 2. The zero-order valence-electron chi connectivity index (χ0n) is 11.8. The molecule has 0 bridgehead atoms. The molecule has 0 aromatic heterocycles. The van der Waals surface area contributed by atoms with Crippen LogP contribution in [0.25, 0.3) is 0 Å².